The zero-order valence-electron chi connectivity index (χ0n) is 17.1. The van der Waals surface area contributed by atoms with E-state index in [0.29, 0.717) is 0 Å². The van der Waals surface area contributed by atoms with E-state index in [2.05, 4.69) is 4.98 Å². The average molecular weight is 481 g/mol. The molecule has 3 aromatic carbocycles. The summed E-state index contributed by atoms with van der Waals surface area (Å²) in [6, 6.07) is 11.3. The van der Waals surface area contributed by atoms with E-state index in [-0.39, 0.29) is 33.9 Å². The van der Waals surface area contributed by atoms with Gasteiger partial charge in [-0.05, 0) is 22.9 Å². The molecule has 0 bridgehead atoms. The summed E-state index contributed by atoms with van der Waals surface area (Å²) in [4.78, 5) is 29.6. The Bertz CT molecular complexity index is 1680. The lowest BCUT2D eigenvalue weighted by Crippen LogP contribution is -2.03. The maximum Gasteiger partial charge on any atom is 0.266 e. The summed E-state index contributed by atoms with van der Waals surface area (Å²) in [5, 5.41) is 1.56. The predicted octanol–water partition coefficient (Wildman–Crippen LogP) is 6.40. The van der Waals surface area contributed by atoms with Crippen LogP contribution in [0, 0.1) is 29.1 Å². The highest BCUT2D eigenvalue weighted by Gasteiger charge is 2.34. The van der Waals surface area contributed by atoms with Crippen LogP contribution >= 0.6 is 0 Å². The Kier molecular flexibility index (Phi) is 4.31. The van der Waals surface area contributed by atoms with Gasteiger partial charge in [-0.3, -0.25) is 9.59 Å². The molecule has 6 rings (SSSR count). The molecule has 1 aliphatic carbocycles. The predicted molar refractivity (Wildman–Crippen MR) is 112 cm³/mol. The van der Waals surface area contributed by atoms with Crippen molar-refractivity contribution in [3.8, 4) is 11.3 Å². The van der Waals surface area contributed by atoms with Gasteiger partial charge in [0.05, 0.1) is 11.1 Å². The lowest BCUT2D eigenvalue weighted by atomic mass is 10.0. The number of ketones is 2. The number of carbonyl (C=O) groups is 2. The van der Waals surface area contributed by atoms with Crippen LogP contribution in [0.2, 0.25) is 0 Å². The summed E-state index contributed by atoms with van der Waals surface area (Å²) in [6.07, 6.45) is 1.10. The Balaban J connectivity index is 1.40. The molecule has 0 unspecified atom stereocenters. The van der Waals surface area contributed by atoms with Gasteiger partial charge in [0.1, 0.15) is 5.76 Å². The number of oxazole rings is 1. The summed E-state index contributed by atoms with van der Waals surface area (Å²) < 4.78 is 79.0. The Labute approximate surface area is 191 Å². The quantitative estimate of drug-likeness (QED) is 0.0960. The van der Waals surface area contributed by atoms with Gasteiger partial charge in [-0.1, -0.05) is 24.3 Å². The number of furan rings is 1. The fourth-order valence-electron chi connectivity index (χ4n) is 4.02. The van der Waals surface area contributed by atoms with Crippen LogP contribution in [0.25, 0.3) is 39.5 Å². The van der Waals surface area contributed by atoms with Gasteiger partial charge in [0.15, 0.2) is 40.4 Å². The monoisotopic (exact) mass is 481 g/mol. The lowest BCUT2D eigenvalue weighted by molar-refractivity contribution is 0.0990. The summed E-state index contributed by atoms with van der Waals surface area (Å²) in [5.74, 6) is -12.7. The van der Waals surface area contributed by atoms with Crippen molar-refractivity contribution in [2.75, 3.05) is 0 Å². The summed E-state index contributed by atoms with van der Waals surface area (Å²) in [7, 11) is 0. The minimum Gasteiger partial charge on any atom is -0.435 e. The molecule has 10 heteroatoms. The van der Waals surface area contributed by atoms with Crippen molar-refractivity contribution in [1.29, 1.82) is 0 Å². The van der Waals surface area contributed by atoms with Crippen LogP contribution < -0.4 is 0 Å². The van der Waals surface area contributed by atoms with Gasteiger partial charge in [-0.25, -0.2) is 22.0 Å². The van der Waals surface area contributed by atoms with Crippen molar-refractivity contribution in [1.82, 2.24) is 4.98 Å². The third-order valence-corrected chi connectivity index (χ3v) is 5.69. The fourth-order valence-corrected chi connectivity index (χ4v) is 4.02. The van der Waals surface area contributed by atoms with Gasteiger partial charge in [-0.2, -0.15) is 4.98 Å². The molecule has 1 aliphatic rings. The van der Waals surface area contributed by atoms with Crippen molar-refractivity contribution >= 4 is 39.7 Å². The highest BCUT2D eigenvalue weighted by atomic mass is 19.2. The van der Waals surface area contributed by atoms with Crippen molar-refractivity contribution in [3.63, 3.8) is 0 Å². The molecule has 0 amide bonds. The van der Waals surface area contributed by atoms with Gasteiger partial charge in [0.25, 0.3) is 5.71 Å². The zero-order chi connectivity index (χ0) is 24.6. The smallest absolute Gasteiger partial charge is 0.266 e. The van der Waals surface area contributed by atoms with Crippen molar-refractivity contribution in [2.24, 2.45) is 0 Å². The number of carbonyl (C=O) groups excluding carboxylic acids is 2. The second-order valence-corrected chi connectivity index (χ2v) is 7.74. The van der Waals surface area contributed by atoms with Crippen molar-refractivity contribution in [2.45, 2.75) is 0 Å². The topological polar surface area (TPSA) is 73.3 Å². The molecule has 0 N–H and O–H groups in total. The molecule has 0 saturated carbocycles. The van der Waals surface area contributed by atoms with Crippen molar-refractivity contribution in [3.05, 3.63) is 94.1 Å². The third-order valence-electron chi connectivity index (χ3n) is 5.69. The molecule has 2 aromatic heterocycles. The number of fused-ring (bicyclic) bond motifs is 3. The Morgan fingerprint density at radius 3 is 1.80 bits per heavy atom. The molecular formula is C25H8F5NO4. The average Bonchev–Trinajstić information content (AvgIpc) is 3.48. The molecule has 0 spiro atoms. The van der Waals surface area contributed by atoms with Gasteiger partial charge in [-0.15, -0.1) is 0 Å². The molecule has 5 nitrogen and oxygen atoms in total. The number of aromatic nitrogens is 1. The third kappa shape index (κ3) is 2.96. The van der Waals surface area contributed by atoms with E-state index in [9.17, 15) is 31.5 Å². The van der Waals surface area contributed by atoms with Crippen LogP contribution in [0.1, 0.15) is 26.6 Å². The number of benzene rings is 3. The number of hydrogen-bond donors (Lipinski definition) is 0. The highest BCUT2D eigenvalue weighted by molar-refractivity contribution is 6.42. The standard InChI is InChI=1S/C25H8F5NO4/c26-18-17(19(27)21(29)22(30)20(18)28)14-8-15-25(35-14)31-16(34-15)7-13-23(32)11-5-9-3-1-2-4-10(9)6-12(11)24(13)33/h1-8H. The number of rotatable bonds is 2. The van der Waals surface area contributed by atoms with Crippen LogP contribution in [0.15, 0.2) is 56.9 Å². The molecule has 2 heterocycles. The molecule has 0 atom stereocenters. The van der Waals surface area contributed by atoms with Crippen LogP contribution in [0.5, 0.6) is 0 Å². The van der Waals surface area contributed by atoms with E-state index >= 15 is 0 Å². The van der Waals surface area contributed by atoms with Crippen LogP contribution in [0.4, 0.5) is 22.0 Å². The van der Waals surface area contributed by atoms with Gasteiger partial charge < -0.3 is 8.83 Å². The number of hydrogen-bond acceptors (Lipinski definition) is 5. The molecule has 172 valence electrons. The summed E-state index contributed by atoms with van der Waals surface area (Å²) >= 11 is 0. The number of allylic oxidation sites excluding steroid dienone is 1. The largest absolute Gasteiger partial charge is 0.435 e. The van der Waals surface area contributed by atoms with E-state index in [1.54, 1.807) is 36.4 Å². The molecule has 35 heavy (non-hydrogen) atoms. The summed E-state index contributed by atoms with van der Waals surface area (Å²) in [6.45, 7) is 0. The second-order valence-electron chi connectivity index (χ2n) is 7.74. The van der Waals surface area contributed by atoms with E-state index < -0.39 is 52.0 Å². The number of halogens is 5. The van der Waals surface area contributed by atoms with Gasteiger partial charge >= 0.3 is 0 Å². The second kappa shape index (κ2) is 7.20. The number of nitrogens with zero attached hydrogens (tertiary/aromatic N) is 1. The first-order valence-electron chi connectivity index (χ1n) is 10.0. The molecule has 0 saturated heterocycles. The van der Waals surface area contributed by atoms with Gasteiger partial charge in [0, 0.05) is 23.3 Å². The minimum atomic E-state index is -2.30. The lowest BCUT2D eigenvalue weighted by Gasteiger charge is -2.05. The molecule has 0 aliphatic heterocycles. The molecule has 0 radical (unpaired) electrons. The molecule has 5 aromatic rings. The van der Waals surface area contributed by atoms with E-state index in [1.165, 1.54) is 0 Å². The first kappa shape index (κ1) is 21.0. The van der Waals surface area contributed by atoms with E-state index in [1.807, 2.05) is 0 Å². The first-order chi connectivity index (χ1) is 16.7. The maximum absolute atomic E-state index is 14.1. The Hall–Kier alpha value is -4.60. The minimum absolute atomic E-state index is 0.197. The van der Waals surface area contributed by atoms with Gasteiger partial charge in [0.2, 0.25) is 11.7 Å². The van der Waals surface area contributed by atoms with Crippen LogP contribution in [-0.4, -0.2) is 16.6 Å². The fraction of sp³-hybridized carbons (Fsp3) is 0. The molecule has 0 fully saturated rings. The van der Waals surface area contributed by atoms with Crippen molar-refractivity contribution < 1.29 is 40.4 Å². The Morgan fingerprint density at radius 2 is 1.26 bits per heavy atom. The zero-order valence-corrected chi connectivity index (χ0v) is 17.1. The maximum atomic E-state index is 14.1. The first-order valence-corrected chi connectivity index (χ1v) is 10.0. The van der Waals surface area contributed by atoms with Crippen LogP contribution in [0.3, 0.4) is 0 Å². The molecular weight excluding hydrogens is 473 g/mol. The number of Topliss-reactive ketones (excluding diaryl/α,β-unsaturated/α-hetero) is 2. The van der Waals surface area contributed by atoms with E-state index in [4.69, 9.17) is 8.83 Å². The van der Waals surface area contributed by atoms with E-state index in [0.717, 1.165) is 22.9 Å². The Morgan fingerprint density at radius 1 is 0.714 bits per heavy atom. The van der Waals surface area contributed by atoms with Crippen LogP contribution in [-0.2, 0) is 0 Å². The highest BCUT2D eigenvalue weighted by Crippen LogP contribution is 2.36. The summed E-state index contributed by atoms with van der Waals surface area (Å²) in [5.41, 5.74) is -1.57. The SMILES string of the molecule is O=C1C(=Cc2nc3oc(-c4c(F)c(F)c(F)c(F)c4F)cc3o2)C(=O)c2cc3ccccc3cc21. The normalized spacial score (nSPS) is 13.3.